The molecule has 1 unspecified atom stereocenters. The Hall–Kier alpha value is -2.10. The Kier molecular flexibility index (Phi) is 9.18. The topological polar surface area (TPSA) is 72.8 Å². The molecule has 1 aromatic rings. The molecule has 0 aromatic heterocycles. The van der Waals surface area contributed by atoms with Gasteiger partial charge in [-0.05, 0) is 47.4 Å². The van der Waals surface area contributed by atoms with Crippen molar-refractivity contribution >= 4 is 36.1 Å². The van der Waals surface area contributed by atoms with Crippen LogP contribution in [0.5, 0.6) is 0 Å². The van der Waals surface area contributed by atoms with Crippen molar-refractivity contribution in [3.63, 3.8) is 0 Å². The second-order valence-corrected chi connectivity index (χ2v) is 13.3. The lowest BCUT2D eigenvalue weighted by Gasteiger charge is -2.33. The fourth-order valence-corrected chi connectivity index (χ4v) is 9.36. The van der Waals surface area contributed by atoms with Crippen molar-refractivity contribution in [1.29, 1.82) is 0 Å². The van der Waals surface area contributed by atoms with Gasteiger partial charge in [0.25, 0.3) is 5.76 Å². The molecule has 7 heteroatoms. The number of benzene rings is 1. The fourth-order valence-electron chi connectivity index (χ4n) is 4.37. The summed E-state index contributed by atoms with van der Waals surface area (Å²) < 4.78 is 9.95. The molecule has 5 nitrogen and oxygen atoms in total. The van der Waals surface area contributed by atoms with E-state index in [1.807, 2.05) is 18.8 Å². The summed E-state index contributed by atoms with van der Waals surface area (Å²) in [6.45, 7) is 14.7. The van der Waals surface area contributed by atoms with Gasteiger partial charge in [0, 0.05) is 10.6 Å². The molecule has 186 valence electrons. The molecule has 1 aliphatic rings. The second-order valence-electron chi connectivity index (χ2n) is 9.61. The summed E-state index contributed by atoms with van der Waals surface area (Å²) in [5.41, 5.74) is 4.19. The van der Waals surface area contributed by atoms with Crippen LogP contribution in [0.2, 0.25) is 0 Å². The van der Waals surface area contributed by atoms with Gasteiger partial charge in [0.15, 0.2) is 0 Å². The molecular formula is C27H37ClO5P+. The van der Waals surface area contributed by atoms with Crippen LogP contribution in [0.15, 0.2) is 45.7 Å². The van der Waals surface area contributed by atoms with Crippen molar-refractivity contribution in [3.8, 4) is 0 Å². The molecule has 0 spiro atoms. The van der Waals surface area contributed by atoms with Crippen LogP contribution < -0.4 is 5.30 Å². The van der Waals surface area contributed by atoms with Gasteiger partial charge in [-0.25, -0.2) is 9.59 Å². The van der Waals surface area contributed by atoms with Crippen LogP contribution >= 0.6 is 18.9 Å². The van der Waals surface area contributed by atoms with E-state index >= 15 is 0 Å². The lowest BCUT2D eigenvalue weighted by molar-refractivity contribution is -0.141. The number of methoxy groups -OCH3 is 2. The number of hydrogen-bond acceptors (Lipinski definition) is 5. The van der Waals surface area contributed by atoms with Crippen LogP contribution in [0.1, 0.15) is 82.9 Å². The van der Waals surface area contributed by atoms with E-state index in [2.05, 4.69) is 53.7 Å². The molecule has 0 amide bonds. The monoisotopic (exact) mass is 507 g/mol. The number of rotatable bonds is 7. The van der Waals surface area contributed by atoms with Crippen molar-refractivity contribution in [2.45, 2.75) is 66.2 Å². The Bertz CT molecular complexity index is 1040. The molecule has 1 N–H and O–H groups in total. The van der Waals surface area contributed by atoms with Crippen molar-refractivity contribution in [3.05, 3.63) is 62.4 Å². The van der Waals surface area contributed by atoms with E-state index in [0.29, 0.717) is 17.1 Å². The molecule has 0 saturated heterocycles. The van der Waals surface area contributed by atoms with E-state index in [9.17, 15) is 14.7 Å². The third kappa shape index (κ3) is 5.26. The largest absolute Gasteiger partial charge is 0.499 e. The third-order valence-corrected chi connectivity index (χ3v) is 10.8. The maximum atomic E-state index is 13.3. The first-order valence-electron chi connectivity index (χ1n) is 11.5. The normalized spacial score (nSPS) is 19.1. The highest BCUT2D eigenvalue weighted by Gasteiger charge is 2.54. The molecule has 0 fully saturated rings. The van der Waals surface area contributed by atoms with Crippen LogP contribution in [0.4, 0.5) is 0 Å². The standard InChI is InChI=1S/C27H36ClO5P/c1-15(2)19-12-20(16(3)4)24(21(13-19)17(5)6)34(11-10-22(28)18(7)14-34)25(27(31)33-9)23(29)26(30)32-8/h10,12-17H,11H2,1-9H3/p+1. The molecule has 1 heterocycles. The fraction of sp³-hybridized carbons (Fsp3) is 0.481. The molecule has 34 heavy (non-hydrogen) atoms. The molecule has 1 aromatic carbocycles. The Balaban J connectivity index is 3.20. The maximum absolute atomic E-state index is 13.3. The lowest BCUT2D eigenvalue weighted by Crippen LogP contribution is -2.30. The zero-order chi connectivity index (χ0) is 26.0. The number of aliphatic hydroxyl groups is 1. The van der Waals surface area contributed by atoms with Gasteiger partial charge < -0.3 is 14.6 Å². The molecule has 1 atom stereocenters. The minimum atomic E-state index is -2.84. The Morgan fingerprint density at radius 1 is 0.941 bits per heavy atom. The van der Waals surface area contributed by atoms with Gasteiger partial charge in [-0.15, -0.1) is 0 Å². The summed E-state index contributed by atoms with van der Waals surface area (Å²) in [5, 5.41) is 12.6. The summed E-state index contributed by atoms with van der Waals surface area (Å²) in [5.74, 6) is 0.148. The van der Waals surface area contributed by atoms with Crippen LogP contribution in [0.25, 0.3) is 0 Å². The number of ether oxygens (including phenoxy) is 2. The van der Waals surface area contributed by atoms with Crippen LogP contribution in [-0.4, -0.2) is 37.4 Å². The predicted octanol–water partition coefficient (Wildman–Crippen LogP) is 6.86. The molecule has 1 aliphatic heterocycles. The Labute approximate surface area is 209 Å². The van der Waals surface area contributed by atoms with E-state index in [0.717, 1.165) is 22.0 Å². The van der Waals surface area contributed by atoms with Gasteiger partial charge in [0.05, 0.1) is 26.2 Å². The van der Waals surface area contributed by atoms with Gasteiger partial charge in [-0.3, -0.25) is 0 Å². The summed E-state index contributed by atoms with van der Waals surface area (Å²) in [6, 6.07) is 4.40. The molecule has 2 rings (SSSR count). The predicted molar refractivity (Wildman–Crippen MR) is 142 cm³/mol. The number of carbonyl (C=O) groups is 2. The lowest BCUT2D eigenvalue weighted by atomic mass is 9.89. The highest BCUT2D eigenvalue weighted by Crippen LogP contribution is 2.71. The minimum absolute atomic E-state index is 0.0392. The average Bonchev–Trinajstić information content (AvgIpc) is 2.79. The molecule has 0 radical (unpaired) electrons. The third-order valence-electron chi connectivity index (χ3n) is 6.23. The van der Waals surface area contributed by atoms with E-state index in [4.69, 9.17) is 21.1 Å². The summed E-state index contributed by atoms with van der Waals surface area (Å²) in [4.78, 5) is 25.8. The van der Waals surface area contributed by atoms with E-state index in [1.165, 1.54) is 19.8 Å². The smallest absolute Gasteiger partial charge is 0.378 e. The first-order chi connectivity index (χ1) is 15.8. The van der Waals surface area contributed by atoms with Gasteiger partial charge in [0.1, 0.15) is 12.6 Å². The number of esters is 2. The first kappa shape index (κ1) is 28.1. The SMILES string of the molecule is COC(=O)/C(O)=C(\C(=O)OC)[P+]1(c2c(C(C)C)cc(C(C)C)cc2C(C)C)C=C(C)C(Cl)=CC1. The van der Waals surface area contributed by atoms with Crippen molar-refractivity contribution in [2.75, 3.05) is 20.4 Å². The zero-order valence-corrected chi connectivity index (χ0v) is 23.3. The quantitative estimate of drug-likeness (QED) is 0.189. The van der Waals surface area contributed by atoms with E-state index < -0.39 is 25.0 Å². The second kappa shape index (κ2) is 11.1. The summed E-state index contributed by atoms with van der Waals surface area (Å²) >= 11 is 6.47. The van der Waals surface area contributed by atoms with E-state index in [1.54, 1.807) is 0 Å². The number of hydrogen-bond donors (Lipinski definition) is 1. The molecule has 0 saturated carbocycles. The Morgan fingerprint density at radius 2 is 1.44 bits per heavy atom. The Morgan fingerprint density at radius 3 is 1.82 bits per heavy atom. The van der Waals surface area contributed by atoms with Crippen LogP contribution in [-0.2, 0) is 19.1 Å². The summed E-state index contributed by atoms with van der Waals surface area (Å²) in [6.07, 6.45) is 2.26. The zero-order valence-electron chi connectivity index (χ0n) is 21.7. The van der Waals surface area contributed by atoms with Crippen molar-refractivity contribution in [2.24, 2.45) is 0 Å². The van der Waals surface area contributed by atoms with Crippen molar-refractivity contribution in [1.82, 2.24) is 0 Å². The average molecular weight is 508 g/mol. The van der Waals surface area contributed by atoms with Crippen molar-refractivity contribution < 1.29 is 24.2 Å². The van der Waals surface area contributed by atoms with Gasteiger partial charge in [-0.1, -0.05) is 65.3 Å². The molecular weight excluding hydrogens is 471 g/mol. The van der Waals surface area contributed by atoms with Gasteiger partial charge >= 0.3 is 11.9 Å². The molecule has 0 bridgehead atoms. The van der Waals surface area contributed by atoms with Gasteiger partial charge in [0.2, 0.25) is 5.31 Å². The van der Waals surface area contributed by atoms with Crippen LogP contribution in [0, 0.1) is 0 Å². The number of allylic oxidation sites excluding steroid dienone is 3. The number of carbonyl (C=O) groups excluding carboxylic acids is 2. The summed E-state index contributed by atoms with van der Waals surface area (Å²) in [7, 11) is -0.418. The molecule has 0 aliphatic carbocycles. The van der Waals surface area contributed by atoms with Gasteiger partial charge in [-0.2, -0.15) is 0 Å². The number of aliphatic hydroxyl groups excluding tert-OH is 1. The van der Waals surface area contributed by atoms with Crippen LogP contribution in [0.3, 0.4) is 0 Å². The highest BCUT2D eigenvalue weighted by atomic mass is 35.5. The first-order valence-corrected chi connectivity index (χ1v) is 14.0. The maximum Gasteiger partial charge on any atom is 0.378 e. The number of halogens is 1. The minimum Gasteiger partial charge on any atom is -0.499 e. The highest BCUT2D eigenvalue weighted by molar-refractivity contribution is 7.90. The van der Waals surface area contributed by atoms with E-state index in [-0.39, 0.29) is 17.2 Å².